The van der Waals surface area contributed by atoms with Crippen molar-refractivity contribution < 1.29 is 0 Å². The first-order valence-electron chi connectivity index (χ1n) is 5.84. The highest BCUT2D eigenvalue weighted by Gasteiger charge is 2.09. The minimum atomic E-state index is 0.575. The molecular formula is C13H22N2. The minimum absolute atomic E-state index is 0.575. The molecule has 0 atom stereocenters. The molecule has 0 aliphatic rings. The molecule has 15 heavy (non-hydrogen) atoms. The van der Waals surface area contributed by atoms with Crippen molar-refractivity contribution in [1.82, 2.24) is 10.6 Å². The van der Waals surface area contributed by atoms with Crippen LogP contribution in [0.15, 0.2) is 30.3 Å². The molecule has 0 bridgehead atoms. The summed E-state index contributed by atoms with van der Waals surface area (Å²) in [7, 11) is 0. The predicted molar refractivity (Wildman–Crippen MR) is 66.3 cm³/mol. The highest BCUT2D eigenvalue weighted by atomic mass is 14.9. The fourth-order valence-corrected chi connectivity index (χ4v) is 1.67. The van der Waals surface area contributed by atoms with Gasteiger partial charge < -0.3 is 10.6 Å². The SMILES string of the molecule is CCNCC(CNCC)c1ccccc1. The molecule has 1 rings (SSSR count). The molecule has 0 saturated carbocycles. The van der Waals surface area contributed by atoms with E-state index >= 15 is 0 Å². The van der Waals surface area contributed by atoms with E-state index in [2.05, 4.69) is 54.8 Å². The van der Waals surface area contributed by atoms with Gasteiger partial charge in [0.05, 0.1) is 0 Å². The molecule has 0 aliphatic carbocycles. The number of hydrogen-bond acceptors (Lipinski definition) is 2. The lowest BCUT2D eigenvalue weighted by Gasteiger charge is -2.18. The van der Waals surface area contributed by atoms with Gasteiger partial charge in [-0.05, 0) is 18.7 Å². The van der Waals surface area contributed by atoms with Crippen molar-refractivity contribution in [1.29, 1.82) is 0 Å². The minimum Gasteiger partial charge on any atom is -0.316 e. The monoisotopic (exact) mass is 206 g/mol. The molecule has 0 saturated heterocycles. The van der Waals surface area contributed by atoms with Crippen LogP contribution in [0.4, 0.5) is 0 Å². The Labute approximate surface area is 93.1 Å². The van der Waals surface area contributed by atoms with Gasteiger partial charge in [-0.3, -0.25) is 0 Å². The first kappa shape index (κ1) is 12.2. The molecule has 1 aromatic rings. The fourth-order valence-electron chi connectivity index (χ4n) is 1.67. The van der Waals surface area contributed by atoms with Crippen molar-refractivity contribution in [2.24, 2.45) is 0 Å². The van der Waals surface area contributed by atoms with Gasteiger partial charge in [0, 0.05) is 19.0 Å². The molecule has 1 aromatic carbocycles. The van der Waals surface area contributed by atoms with Crippen LogP contribution in [0.1, 0.15) is 25.3 Å². The summed E-state index contributed by atoms with van der Waals surface area (Å²) in [4.78, 5) is 0. The molecule has 2 heteroatoms. The summed E-state index contributed by atoms with van der Waals surface area (Å²) in [5.41, 5.74) is 1.42. The summed E-state index contributed by atoms with van der Waals surface area (Å²) >= 11 is 0. The van der Waals surface area contributed by atoms with Gasteiger partial charge in [0.25, 0.3) is 0 Å². The number of rotatable bonds is 7. The van der Waals surface area contributed by atoms with Gasteiger partial charge in [-0.1, -0.05) is 44.2 Å². The Morgan fingerprint density at radius 1 is 0.933 bits per heavy atom. The van der Waals surface area contributed by atoms with Crippen LogP contribution in [0, 0.1) is 0 Å². The highest BCUT2D eigenvalue weighted by Crippen LogP contribution is 2.13. The van der Waals surface area contributed by atoms with Crippen LogP contribution in [0.3, 0.4) is 0 Å². The molecule has 0 radical (unpaired) electrons. The Bertz CT molecular complexity index is 238. The number of benzene rings is 1. The van der Waals surface area contributed by atoms with Gasteiger partial charge >= 0.3 is 0 Å². The molecule has 0 fully saturated rings. The molecule has 0 spiro atoms. The van der Waals surface area contributed by atoms with E-state index in [1.807, 2.05) is 0 Å². The second kappa shape index (κ2) is 7.43. The second-order valence-corrected chi connectivity index (χ2v) is 3.72. The Kier molecular flexibility index (Phi) is 6.05. The van der Waals surface area contributed by atoms with Crippen molar-refractivity contribution in [2.75, 3.05) is 26.2 Å². The van der Waals surface area contributed by atoms with E-state index in [9.17, 15) is 0 Å². The van der Waals surface area contributed by atoms with Crippen molar-refractivity contribution in [2.45, 2.75) is 19.8 Å². The summed E-state index contributed by atoms with van der Waals surface area (Å²) in [6.07, 6.45) is 0. The molecule has 0 aliphatic heterocycles. The van der Waals surface area contributed by atoms with Crippen LogP contribution in [-0.2, 0) is 0 Å². The summed E-state index contributed by atoms with van der Waals surface area (Å²) in [5.74, 6) is 0.575. The highest BCUT2D eigenvalue weighted by molar-refractivity contribution is 5.20. The normalized spacial score (nSPS) is 10.9. The Morgan fingerprint density at radius 2 is 1.47 bits per heavy atom. The van der Waals surface area contributed by atoms with E-state index in [1.165, 1.54) is 5.56 Å². The van der Waals surface area contributed by atoms with E-state index in [0.29, 0.717) is 5.92 Å². The van der Waals surface area contributed by atoms with E-state index < -0.39 is 0 Å². The van der Waals surface area contributed by atoms with Crippen LogP contribution in [0.5, 0.6) is 0 Å². The summed E-state index contributed by atoms with van der Waals surface area (Å²) < 4.78 is 0. The largest absolute Gasteiger partial charge is 0.316 e. The first-order valence-corrected chi connectivity index (χ1v) is 5.84. The lowest BCUT2D eigenvalue weighted by Crippen LogP contribution is -2.29. The Morgan fingerprint density at radius 3 is 1.93 bits per heavy atom. The zero-order valence-corrected chi connectivity index (χ0v) is 9.79. The Hall–Kier alpha value is -0.860. The van der Waals surface area contributed by atoms with Crippen LogP contribution >= 0.6 is 0 Å². The lowest BCUT2D eigenvalue weighted by molar-refractivity contribution is 0.551. The van der Waals surface area contributed by atoms with Crippen molar-refractivity contribution in [3.63, 3.8) is 0 Å². The third-order valence-electron chi connectivity index (χ3n) is 2.55. The molecule has 0 heterocycles. The maximum atomic E-state index is 3.42. The lowest BCUT2D eigenvalue weighted by atomic mass is 9.99. The maximum Gasteiger partial charge on any atom is 0.00885 e. The zero-order chi connectivity index (χ0) is 10.9. The molecular weight excluding hydrogens is 184 g/mol. The smallest absolute Gasteiger partial charge is 0.00885 e. The third kappa shape index (κ3) is 4.45. The average molecular weight is 206 g/mol. The molecule has 84 valence electrons. The quantitative estimate of drug-likeness (QED) is 0.713. The van der Waals surface area contributed by atoms with E-state index in [-0.39, 0.29) is 0 Å². The molecule has 2 nitrogen and oxygen atoms in total. The van der Waals surface area contributed by atoms with Crippen molar-refractivity contribution in [3.05, 3.63) is 35.9 Å². The van der Waals surface area contributed by atoms with Gasteiger partial charge in [-0.2, -0.15) is 0 Å². The van der Waals surface area contributed by atoms with E-state index in [1.54, 1.807) is 0 Å². The molecule has 2 N–H and O–H groups in total. The van der Waals surface area contributed by atoms with Gasteiger partial charge in [0.2, 0.25) is 0 Å². The van der Waals surface area contributed by atoms with Crippen LogP contribution in [0.25, 0.3) is 0 Å². The van der Waals surface area contributed by atoms with Gasteiger partial charge in [-0.25, -0.2) is 0 Å². The van der Waals surface area contributed by atoms with E-state index in [4.69, 9.17) is 0 Å². The molecule has 0 unspecified atom stereocenters. The topological polar surface area (TPSA) is 24.1 Å². The zero-order valence-electron chi connectivity index (χ0n) is 9.79. The summed E-state index contributed by atoms with van der Waals surface area (Å²) in [6, 6.07) is 10.7. The van der Waals surface area contributed by atoms with Crippen molar-refractivity contribution >= 4 is 0 Å². The molecule has 0 amide bonds. The second-order valence-electron chi connectivity index (χ2n) is 3.72. The number of nitrogens with one attached hydrogen (secondary N) is 2. The fraction of sp³-hybridized carbons (Fsp3) is 0.538. The van der Waals surface area contributed by atoms with Crippen LogP contribution in [0.2, 0.25) is 0 Å². The summed E-state index contributed by atoms with van der Waals surface area (Å²) in [5, 5.41) is 6.83. The maximum absolute atomic E-state index is 3.42. The van der Waals surface area contributed by atoms with Gasteiger partial charge in [0.15, 0.2) is 0 Å². The van der Waals surface area contributed by atoms with Gasteiger partial charge in [0.1, 0.15) is 0 Å². The molecule has 0 aromatic heterocycles. The number of hydrogen-bond donors (Lipinski definition) is 2. The first-order chi connectivity index (χ1) is 7.38. The summed E-state index contributed by atoms with van der Waals surface area (Å²) in [6.45, 7) is 8.47. The standard InChI is InChI=1S/C13H22N2/c1-3-14-10-13(11-15-4-2)12-8-6-5-7-9-12/h5-9,13-15H,3-4,10-11H2,1-2H3. The Balaban J connectivity index is 2.55. The van der Waals surface area contributed by atoms with Crippen molar-refractivity contribution in [3.8, 4) is 0 Å². The number of likely N-dealkylation sites (N-methyl/N-ethyl adjacent to an activating group) is 2. The van der Waals surface area contributed by atoms with Crippen LogP contribution in [-0.4, -0.2) is 26.2 Å². The average Bonchev–Trinajstić information content (AvgIpc) is 2.30. The van der Waals surface area contributed by atoms with Gasteiger partial charge in [-0.15, -0.1) is 0 Å². The third-order valence-corrected chi connectivity index (χ3v) is 2.55. The van der Waals surface area contributed by atoms with E-state index in [0.717, 1.165) is 26.2 Å². The van der Waals surface area contributed by atoms with Crippen LogP contribution < -0.4 is 10.6 Å². The predicted octanol–water partition coefficient (Wildman–Crippen LogP) is 1.99.